The minimum Gasteiger partial charge on any atom is -0.444 e. The third-order valence-corrected chi connectivity index (χ3v) is 5.21. The van der Waals surface area contributed by atoms with E-state index < -0.39 is 0 Å². The fraction of sp³-hybridized carbons (Fsp3) is 0.647. The summed E-state index contributed by atoms with van der Waals surface area (Å²) in [6.45, 7) is 13.0. The first-order valence-electron chi connectivity index (χ1n) is 9.14. The van der Waals surface area contributed by atoms with E-state index in [-0.39, 0.29) is 0 Å². The van der Waals surface area contributed by atoms with Crippen LogP contribution in [0.2, 0.25) is 0 Å². The van der Waals surface area contributed by atoms with Crippen LogP contribution in [0.3, 0.4) is 0 Å². The van der Waals surface area contributed by atoms with E-state index in [0.29, 0.717) is 12.4 Å². The molecule has 1 saturated heterocycles. The maximum atomic E-state index is 5.63. The van der Waals surface area contributed by atoms with Crippen LogP contribution in [-0.2, 0) is 13.0 Å². The number of aryl methyl sites for hydroxylation is 3. The van der Waals surface area contributed by atoms with Crippen molar-refractivity contribution in [2.24, 2.45) is 4.99 Å². The summed E-state index contributed by atoms with van der Waals surface area (Å²) < 4.78 is 10.0. The highest BCUT2D eigenvalue weighted by molar-refractivity contribution is 7.09. The molecule has 0 unspecified atom stereocenters. The second-order valence-corrected chi connectivity index (χ2v) is 6.97. The largest absolute Gasteiger partial charge is 0.444 e. The summed E-state index contributed by atoms with van der Waals surface area (Å²) in [5, 5.41) is 4.40. The molecule has 9 heteroatoms. The predicted octanol–water partition coefficient (Wildman–Crippen LogP) is 1.99. The third-order valence-electron chi connectivity index (χ3n) is 4.40. The minimum absolute atomic E-state index is 0.452. The van der Waals surface area contributed by atoms with E-state index in [4.69, 9.17) is 9.41 Å². The highest BCUT2D eigenvalue weighted by Gasteiger charge is 2.22. The van der Waals surface area contributed by atoms with Crippen LogP contribution in [0, 0.1) is 13.8 Å². The van der Waals surface area contributed by atoms with Crippen LogP contribution in [0.4, 0.5) is 5.13 Å². The zero-order chi connectivity index (χ0) is 18.5. The molecule has 0 aliphatic carbocycles. The quantitative estimate of drug-likeness (QED) is 0.630. The lowest BCUT2D eigenvalue weighted by Crippen LogP contribution is -2.52. The molecule has 1 N–H and O–H groups in total. The highest BCUT2D eigenvalue weighted by atomic mass is 32.1. The average Bonchev–Trinajstić information content (AvgIpc) is 3.26. The van der Waals surface area contributed by atoms with Crippen molar-refractivity contribution in [1.29, 1.82) is 0 Å². The predicted molar refractivity (Wildman–Crippen MR) is 104 cm³/mol. The van der Waals surface area contributed by atoms with Crippen molar-refractivity contribution in [2.45, 2.75) is 40.7 Å². The second kappa shape index (κ2) is 8.48. The second-order valence-electron chi connectivity index (χ2n) is 6.24. The standard InChI is InChI=1S/C17H27N7OS/c1-5-14-21-17(26-22-14)24-9-7-23(8-10-24)16(18-6-2)19-11-15-20-12(3)13(4)25-15/h5-11H2,1-4H3,(H,18,19). The molecule has 0 aromatic carbocycles. The molecule has 2 aromatic rings. The van der Waals surface area contributed by atoms with Crippen LogP contribution in [0.5, 0.6) is 0 Å². The SMILES string of the molecule is CCNC(=NCc1nc(C)c(C)o1)N1CCN(c2nc(CC)ns2)CC1. The van der Waals surface area contributed by atoms with Crippen LogP contribution in [0.15, 0.2) is 9.41 Å². The van der Waals surface area contributed by atoms with Crippen molar-refractivity contribution in [2.75, 3.05) is 37.6 Å². The van der Waals surface area contributed by atoms with Crippen LogP contribution in [-0.4, -0.2) is 57.9 Å². The van der Waals surface area contributed by atoms with Gasteiger partial charge in [-0.25, -0.2) is 15.0 Å². The van der Waals surface area contributed by atoms with Crippen molar-refractivity contribution in [3.8, 4) is 0 Å². The summed E-state index contributed by atoms with van der Waals surface area (Å²) >= 11 is 1.49. The number of guanidine groups is 1. The monoisotopic (exact) mass is 377 g/mol. The lowest BCUT2D eigenvalue weighted by molar-refractivity contribution is 0.371. The first kappa shape index (κ1) is 18.6. The van der Waals surface area contributed by atoms with Crippen molar-refractivity contribution >= 4 is 22.6 Å². The fourth-order valence-electron chi connectivity index (χ4n) is 2.80. The molecule has 0 saturated carbocycles. The molecule has 1 fully saturated rings. The Balaban J connectivity index is 1.61. The van der Waals surface area contributed by atoms with Gasteiger partial charge in [-0.15, -0.1) is 0 Å². The normalized spacial score (nSPS) is 15.6. The van der Waals surface area contributed by atoms with Gasteiger partial charge in [0.15, 0.2) is 5.96 Å². The Morgan fingerprint density at radius 3 is 2.54 bits per heavy atom. The first-order chi connectivity index (χ1) is 12.6. The van der Waals surface area contributed by atoms with Crippen LogP contribution in [0.25, 0.3) is 0 Å². The molecule has 26 heavy (non-hydrogen) atoms. The molecule has 0 spiro atoms. The lowest BCUT2D eigenvalue weighted by atomic mass is 10.3. The lowest BCUT2D eigenvalue weighted by Gasteiger charge is -2.36. The number of anilines is 1. The van der Waals surface area contributed by atoms with E-state index in [1.54, 1.807) is 0 Å². The van der Waals surface area contributed by atoms with Gasteiger partial charge in [0.25, 0.3) is 0 Å². The van der Waals surface area contributed by atoms with Crippen molar-refractivity contribution in [3.05, 3.63) is 23.2 Å². The fourth-order valence-corrected chi connectivity index (χ4v) is 3.60. The summed E-state index contributed by atoms with van der Waals surface area (Å²) in [5.41, 5.74) is 0.928. The molecule has 3 heterocycles. The van der Waals surface area contributed by atoms with Gasteiger partial charge in [0.05, 0.1) is 5.69 Å². The zero-order valence-corrected chi connectivity index (χ0v) is 16.8. The third kappa shape index (κ3) is 4.32. The van der Waals surface area contributed by atoms with Gasteiger partial charge in [0.1, 0.15) is 18.1 Å². The molecule has 0 amide bonds. The Morgan fingerprint density at radius 1 is 1.19 bits per heavy atom. The molecular weight excluding hydrogens is 350 g/mol. The number of oxazole rings is 1. The maximum absolute atomic E-state index is 5.63. The van der Waals surface area contributed by atoms with Gasteiger partial charge in [0, 0.05) is 50.7 Å². The number of nitrogens with one attached hydrogen (secondary N) is 1. The first-order valence-corrected chi connectivity index (χ1v) is 9.91. The maximum Gasteiger partial charge on any atom is 0.216 e. The number of piperazine rings is 1. The number of nitrogens with zero attached hydrogens (tertiary/aromatic N) is 6. The van der Waals surface area contributed by atoms with Gasteiger partial charge in [-0.1, -0.05) is 6.92 Å². The minimum atomic E-state index is 0.452. The van der Waals surface area contributed by atoms with Gasteiger partial charge in [-0.2, -0.15) is 4.37 Å². The number of aliphatic imine (C=N–C) groups is 1. The number of hydrogen-bond acceptors (Lipinski definition) is 7. The van der Waals surface area contributed by atoms with Gasteiger partial charge >= 0.3 is 0 Å². The summed E-state index contributed by atoms with van der Waals surface area (Å²) in [5.74, 6) is 3.36. The van der Waals surface area contributed by atoms with Crippen LogP contribution >= 0.6 is 11.5 Å². The van der Waals surface area contributed by atoms with Crippen LogP contribution < -0.4 is 10.2 Å². The number of rotatable bonds is 5. The Labute approximate surface area is 158 Å². The molecule has 1 aliphatic heterocycles. The Morgan fingerprint density at radius 2 is 1.96 bits per heavy atom. The molecule has 1 aliphatic rings. The average molecular weight is 378 g/mol. The van der Waals surface area contributed by atoms with Gasteiger partial charge in [0.2, 0.25) is 11.0 Å². The number of aromatic nitrogens is 3. The van der Waals surface area contributed by atoms with Gasteiger partial charge < -0.3 is 19.5 Å². The van der Waals surface area contributed by atoms with Crippen molar-refractivity contribution in [1.82, 2.24) is 24.6 Å². The summed E-state index contributed by atoms with van der Waals surface area (Å²) in [6.07, 6.45) is 0.882. The highest BCUT2D eigenvalue weighted by Crippen LogP contribution is 2.19. The van der Waals surface area contributed by atoms with E-state index in [2.05, 4.69) is 43.3 Å². The van der Waals surface area contributed by atoms with Crippen LogP contribution in [0.1, 0.15) is 37.0 Å². The van der Waals surface area contributed by atoms with Gasteiger partial charge in [-0.05, 0) is 20.8 Å². The molecule has 0 atom stereocenters. The van der Waals surface area contributed by atoms with Gasteiger partial charge in [-0.3, -0.25) is 0 Å². The van der Waals surface area contributed by atoms with Crippen molar-refractivity contribution in [3.63, 3.8) is 0 Å². The smallest absolute Gasteiger partial charge is 0.216 e. The molecule has 8 nitrogen and oxygen atoms in total. The van der Waals surface area contributed by atoms with E-state index in [1.165, 1.54) is 11.5 Å². The summed E-state index contributed by atoms with van der Waals surface area (Å²) in [6, 6.07) is 0. The molecule has 0 radical (unpaired) electrons. The summed E-state index contributed by atoms with van der Waals surface area (Å²) in [7, 11) is 0. The Kier molecular flexibility index (Phi) is 6.08. The molecule has 3 rings (SSSR count). The molecular formula is C17H27N7OS. The molecule has 142 valence electrons. The van der Waals surface area contributed by atoms with E-state index in [9.17, 15) is 0 Å². The van der Waals surface area contributed by atoms with Crippen molar-refractivity contribution < 1.29 is 4.42 Å². The topological polar surface area (TPSA) is 82.7 Å². The van der Waals surface area contributed by atoms with E-state index in [0.717, 1.165) is 67.5 Å². The Bertz CT molecular complexity index is 727. The number of hydrogen-bond donors (Lipinski definition) is 1. The zero-order valence-electron chi connectivity index (χ0n) is 15.9. The van der Waals surface area contributed by atoms with E-state index >= 15 is 0 Å². The Hall–Kier alpha value is -2.16. The molecule has 0 bridgehead atoms. The summed E-state index contributed by atoms with van der Waals surface area (Å²) in [4.78, 5) is 18.3. The molecule has 2 aromatic heterocycles. The van der Waals surface area contributed by atoms with E-state index in [1.807, 2.05) is 13.8 Å².